The summed E-state index contributed by atoms with van der Waals surface area (Å²) in [6.45, 7) is 6.49. The zero-order chi connectivity index (χ0) is 15.1. The monoisotopic (exact) mass is 305 g/mol. The van der Waals surface area contributed by atoms with Crippen LogP contribution in [0.25, 0.3) is 0 Å². The minimum absolute atomic E-state index is 0.508. The lowest BCUT2D eigenvalue weighted by molar-refractivity contribution is 0.404. The van der Waals surface area contributed by atoms with Crippen LogP contribution in [0.3, 0.4) is 0 Å². The first kappa shape index (κ1) is 16.1. The molecule has 2 nitrogen and oxygen atoms in total. The maximum absolute atomic E-state index is 6.08. The van der Waals surface area contributed by atoms with Crippen LogP contribution < -0.4 is 5.32 Å². The topological polar surface area (TPSA) is 25.2 Å². The minimum Gasteiger partial charge on any atom is -0.469 e. The van der Waals surface area contributed by atoms with E-state index in [0.29, 0.717) is 11.8 Å². The lowest BCUT2D eigenvalue weighted by Crippen LogP contribution is -2.28. The Morgan fingerprint density at radius 3 is 2.62 bits per heavy atom. The number of hydrogen-bond acceptors (Lipinski definition) is 2. The number of benzene rings is 1. The van der Waals surface area contributed by atoms with E-state index >= 15 is 0 Å². The van der Waals surface area contributed by atoms with Crippen LogP contribution in [0.2, 0.25) is 5.02 Å². The molecule has 0 bridgehead atoms. The average Bonchev–Trinajstić information content (AvgIpc) is 2.91. The second kappa shape index (κ2) is 8.26. The van der Waals surface area contributed by atoms with Gasteiger partial charge in [0, 0.05) is 11.4 Å². The smallest absolute Gasteiger partial charge is 0.104 e. The second-order valence-electron chi connectivity index (χ2n) is 6.04. The van der Waals surface area contributed by atoms with Crippen molar-refractivity contribution in [3.8, 4) is 0 Å². The van der Waals surface area contributed by atoms with Crippen molar-refractivity contribution >= 4 is 11.6 Å². The Hall–Kier alpha value is -1.25. The highest BCUT2D eigenvalue weighted by Gasteiger charge is 2.13. The lowest BCUT2D eigenvalue weighted by atomic mass is 9.95. The van der Waals surface area contributed by atoms with Gasteiger partial charge in [-0.15, -0.1) is 0 Å². The van der Waals surface area contributed by atoms with Crippen molar-refractivity contribution in [2.45, 2.75) is 26.7 Å². The predicted octanol–water partition coefficient (Wildman–Crippen LogP) is 4.58. The summed E-state index contributed by atoms with van der Waals surface area (Å²) in [5.41, 5.74) is 1.28. The van der Waals surface area contributed by atoms with E-state index in [2.05, 4.69) is 31.3 Å². The molecular weight excluding hydrogens is 282 g/mol. The Balaban J connectivity index is 1.96. The molecule has 3 heteroatoms. The SMILES string of the molecule is CC(C)CNCC(Cc1cccc(Cl)c1)Cc1ccco1. The lowest BCUT2D eigenvalue weighted by Gasteiger charge is -2.18. The molecule has 2 rings (SSSR count). The van der Waals surface area contributed by atoms with Crippen LogP contribution in [0.1, 0.15) is 25.2 Å². The van der Waals surface area contributed by atoms with Crippen molar-refractivity contribution in [2.24, 2.45) is 11.8 Å². The third-order valence-corrected chi connectivity index (χ3v) is 3.70. The number of halogens is 1. The molecular formula is C18H24ClNO. The van der Waals surface area contributed by atoms with Crippen molar-refractivity contribution < 1.29 is 4.42 Å². The Bertz CT molecular complexity index is 522. The van der Waals surface area contributed by atoms with E-state index in [9.17, 15) is 0 Å². The molecule has 1 aromatic heterocycles. The van der Waals surface area contributed by atoms with Gasteiger partial charge in [-0.3, -0.25) is 0 Å². The molecule has 0 aliphatic heterocycles. The van der Waals surface area contributed by atoms with Crippen LogP contribution >= 0.6 is 11.6 Å². The van der Waals surface area contributed by atoms with E-state index in [0.717, 1.165) is 36.7 Å². The quantitative estimate of drug-likeness (QED) is 0.772. The molecule has 2 aromatic rings. The van der Waals surface area contributed by atoms with E-state index in [-0.39, 0.29) is 0 Å². The van der Waals surface area contributed by atoms with Crippen molar-refractivity contribution in [3.63, 3.8) is 0 Å². The molecule has 114 valence electrons. The van der Waals surface area contributed by atoms with Crippen LogP contribution in [0, 0.1) is 11.8 Å². The second-order valence-corrected chi connectivity index (χ2v) is 6.47. The predicted molar refractivity (Wildman–Crippen MR) is 88.8 cm³/mol. The van der Waals surface area contributed by atoms with Gasteiger partial charge >= 0.3 is 0 Å². The summed E-state index contributed by atoms with van der Waals surface area (Å²) in [6.07, 6.45) is 3.70. The van der Waals surface area contributed by atoms with Crippen molar-refractivity contribution in [1.82, 2.24) is 5.32 Å². The van der Waals surface area contributed by atoms with E-state index in [1.165, 1.54) is 5.56 Å². The number of hydrogen-bond donors (Lipinski definition) is 1. The van der Waals surface area contributed by atoms with Gasteiger partial charge in [-0.25, -0.2) is 0 Å². The standard InChI is InChI=1S/C18H24ClNO/c1-14(2)12-20-13-16(11-18-7-4-8-21-18)9-15-5-3-6-17(19)10-15/h3-8,10,14,16,20H,9,11-13H2,1-2H3. The third-order valence-electron chi connectivity index (χ3n) is 3.47. The summed E-state index contributed by atoms with van der Waals surface area (Å²) in [4.78, 5) is 0. The highest BCUT2D eigenvalue weighted by molar-refractivity contribution is 6.30. The first-order valence-corrected chi connectivity index (χ1v) is 7.99. The molecule has 1 unspecified atom stereocenters. The van der Waals surface area contributed by atoms with E-state index in [4.69, 9.17) is 16.0 Å². The fourth-order valence-corrected chi connectivity index (χ4v) is 2.72. The zero-order valence-electron chi connectivity index (χ0n) is 12.8. The fraction of sp³-hybridized carbons (Fsp3) is 0.444. The summed E-state index contributed by atoms with van der Waals surface area (Å²) in [5, 5.41) is 4.36. The maximum Gasteiger partial charge on any atom is 0.104 e. The normalized spacial score (nSPS) is 12.8. The average molecular weight is 306 g/mol. The zero-order valence-corrected chi connectivity index (χ0v) is 13.6. The highest BCUT2D eigenvalue weighted by Crippen LogP contribution is 2.18. The molecule has 0 spiro atoms. The molecule has 1 aromatic carbocycles. The molecule has 0 radical (unpaired) electrons. The molecule has 1 atom stereocenters. The highest BCUT2D eigenvalue weighted by atomic mass is 35.5. The summed E-state index contributed by atoms with van der Waals surface area (Å²) in [7, 11) is 0. The first-order chi connectivity index (χ1) is 10.1. The van der Waals surface area contributed by atoms with E-state index in [1.54, 1.807) is 6.26 Å². The summed E-state index contributed by atoms with van der Waals surface area (Å²) >= 11 is 6.08. The fourth-order valence-electron chi connectivity index (χ4n) is 2.50. The van der Waals surface area contributed by atoms with Gasteiger partial charge < -0.3 is 9.73 Å². The molecule has 1 heterocycles. The Morgan fingerprint density at radius 2 is 1.95 bits per heavy atom. The van der Waals surface area contributed by atoms with Crippen molar-refractivity contribution in [3.05, 3.63) is 59.0 Å². The number of nitrogens with one attached hydrogen (secondary N) is 1. The molecule has 0 aliphatic carbocycles. The van der Waals surface area contributed by atoms with Crippen LogP contribution in [0.4, 0.5) is 0 Å². The van der Waals surface area contributed by atoms with Crippen LogP contribution in [-0.4, -0.2) is 13.1 Å². The molecule has 0 saturated heterocycles. The van der Waals surface area contributed by atoms with E-state index in [1.807, 2.05) is 24.3 Å². The van der Waals surface area contributed by atoms with Crippen molar-refractivity contribution in [1.29, 1.82) is 0 Å². The summed E-state index contributed by atoms with van der Waals surface area (Å²) in [5.74, 6) is 2.22. The van der Waals surface area contributed by atoms with E-state index < -0.39 is 0 Å². The molecule has 0 amide bonds. The Labute approximate surface area is 132 Å². The van der Waals surface area contributed by atoms with Gasteiger partial charge in [0.2, 0.25) is 0 Å². The minimum atomic E-state index is 0.508. The third kappa shape index (κ3) is 5.94. The van der Waals surface area contributed by atoms with Gasteiger partial charge in [0.1, 0.15) is 5.76 Å². The maximum atomic E-state index is 6.08. The first-order valence-electron chi connectivity index (χ1n) is 7.61. The van der Waals surface area contributed by atoms with Crippen LogP contribution in [0.15, 0.2) is 47.1 Å². The molecule has 0 aliphatic rings. The van der Waals surface area contributed by atoms with Gasteiger partial charge in [-0.2, -0.15) is 0 Å². The van der Waals surface area contributed by atoms with Crippen LogP contribution in [-0.2, 0) is 12.8 Å². The summed E-state index contributed by atoms with van der Waals surface area (Å²) < 4.78 is 5.50. The molecule has 21 heavy (non-hydrogen) atoms. The van der Waals surface area contributed by atoms with Gasteiger partial charge in [0.05, 0.1) is 6.26 Å². The van der Waals surface area contributed by atoms with Gasteiger partial charge in [-0.1, -0.05) is 37.6 Å². The number of rotatable bonds is 8. The largest absolute Gasteiger partial charge is 0.469 e. The Kier molecular flexibility index (Phi) is 6.34. The Morgan fingerprint density at radius 1 is 1.10 bits per heavy atom. The van der Waals surface area contributed by atoms with Crippen molar-refractivity contribution in [2.75, 3.05) is 13.1 Å². The summed E-state index contributed by atoms with van der Waals surface area (Å²) in [6, 6.07) is 12.1. The van der Waals surface area contributed by atoms with Gasteiger partial charge in [0.15, 0.2) is 0 Å². The molecule has 1 N–H and O–H groups in total. The molecule has 0 saturated carbocycles. The van der Waals surface area contributed by atoms with Crippen LogP contribution in [0.5, 0.6) is 0 Å². The number of furan rings is 1. The molecule has 0 fully saturated rings. The van der Waals surface area contributed by atoms with Gasteiger partial charge in [0.25, 0.3) is 0 Å². The van der Waals surface area contributed by atoms with Gasteiger partial charge in [-0.05, 0) is 61.2 Å².